The molecule has 3 heteroatoms. The standard InChI is InChI=1S/C21H32O2Si/c1-13-15-8-18(15)21(5)10-19-16(9-17(13)21)14(11-22-19)12-23-24(6,7)20(2,3)4/h11,15,17-18H,1,8-10,12H2,2-7H3/t15-,17+,18-,21-/m1/s1. The molecule has 4 rings (SSSR count). The van der Waals surface area contributed by atoms with E-state index in [0.29, 0.717) is 17.9 Å². The second-order valence-electron chi connectivity index (χ2n) is 10.2. The van der Waals surface area contributed by atoms with Gasteiger partial charge in [-0.1, -0.05) is 39.8 Å². The van der Waals surface area contributed by atoms with Gasteiger partial charge in [0.1, 0.15) is 5.76 Å². The van der Waals surface area contributed by atoms with E-state index in [1.807, 2.05) is 6.26 Å². The average molecular weight is 345 g/mol. The Balaban J connectivity index is 1.55. The molecule has 0 amide bonds. The number of allylic oxidation sites excluding steroid dienone is 1. The monoisotopic (exact) mass is 344 g/mol. The van der Waals surface area contributed by atoms with Gasteiger partial charge in [-0.3, -0.25) is 0 Å². The first-order chi connectivity index (χ1) is 11.0. The second kappa shape index (κ2) is 4.88. The summed E-state index contributed by atoms with van der Waals surface area (Å²) < 4.78 is 12.5. The summed E-state index contributed by atoms with van der Waals surface area (Å²) in [5.41, 5.74) is 4.62. The molecule has 3 aliphatic rings. The topological polar surface area (TPSA) is 22.4 Å². The maximum atomic E-state index is 6.45. The van der Waals surface area contributed by atoms with Crippen LogP contribution in [0.5, 0.6) is 0 Å². The lowest BCUT2D eigenvalue weighted by Crippen LogP contribution is -2.40. The minimum Gasteiger partial charge on any atom is -0.469 e. The molecule has 0 bridgehead atoms. The van der Waals surface area contributed by atoms with E-state index in [-0.39, 0.29) is 5.04 Å². The molecule has 0 spiro atoms. The van der Waals surface area contributed by atoms with Crippen LogP contribution in [0, 0.1) is 23.2 Å². The molecule has 1 aromatic rings. The van der Waals surface area contributed by atoms with Crippen LogP contribution in [-0.2, 0) is 23.9 Å². The van der Waals surface area contributed by atoms with Gasteiger partial charge in [0, 0.05) is 12.0 Å². The SMILES string of the molecule is C=C1[C@H]2C[C@H]2[C@]2(C)Cc3occ(CO[Si](C)(C)C(C)(C)C)c3C[C@@H]12. The average Bonchev–Trinajstić information content (AvgIpc) is 3.14. The lowest BCUT2D eigenvalue weighted by molar-refractivity contribution is 0.173. The molecule has 1 aromatic heterocycles. The molecule has 0 aliphatic heterocycles. The van der Waals surface area contributed by atoms with E-state index in [0.717, 1.165) is 24.7 Å². The Labute approximate surface area is 147 Å². The number of hydrogen-bond donors (Lipinski definition) is 0. The van der Waals surface area contributed by atoms with Crippen LogP contribution in [0.2, 0.25) is 18.1 Å². The Morgan fingerprint density at radius 3 is 2.75 bits per heavy atom. The van der Waals surface area contributed by atoms with Gasteiger partial charge in [0.05, 0.1) is 12.9 Å². The fraction of sp³-hybridized carbons (Fsp3) is 0.714. The van der Waals surface area contributed by atoms with Crippen molar-refractivity contribution in [3.63, 3.8) is 0 Å². The van der Waals surface area contributed by atoms with Gasteiger partial charge >= 0.3 is 0 Å². The van der Waals surface area contributed by atoms with Gasteiger partial charge in [-0.15, -0.1) is 0 Å². The smallest absolute Gasteiger partial charge is 0.192 e. The molecule has 3 aliphatic carbocycles. The molecule has 0 N–H and O–H groups in total. The van der Waals surface area contributed by atoms with Crippen LogP contribution in [0.15, 0.2) is 22.8 Å². The van der Waals surface area contributed by atoms with Gasteiger partial charge in [-0.05, 0) is 59.7 Å². The fourth-order valence-corrected chi connectivity index (χ4v) is 5.84. The van der Waals surface area contributed by atoms with Crippen molar-refractivity contribution in [2.24, 2.45) is 23.2 Å². The maximum Gasteiger partial charge on any atom is 0.192 e. The molecule has 2 fully saturated rings. The van der Waals surface area contributed by atoms with Crippen LogP contribution < -0.4 is 0 Å². The number of furan rings is 1. The number of hydrogen-bond acceptors (Lipinski definition) is 2. The lowest BCUT2D eigenvalue weighted by Gasteiger charge is -2.39. The van der Waals surface area contributed by atoms with Crippen LogP contribution in [0.3, 0.4) is 0 Å². The summed E-state index contributed by atoms with van der Waals surface area (Å²) >= 11 is 0. The summed E-state index contributed by atoms with van der Waals surface area (Å²) in [4.78, 5) is 0. The van der Waals surface area contributed by atoms with Crippen LogP contribution in [-0.4, -0.2) is 8.32 Å². The summed E-state index contributed by atoms with van der Waals surface area (Å²) in [6.07, 6.45) is 5.54. The Kier molecular flexibility index (Phi) is 3.39. The second-order valence-corrected chi connectivity index (χ2v) is 15.0. The third-order valence-electron chi connectivity index (χ3n) is 7.77. The normalized spacial score (nSPS) is 34.8. The van der Waals surface area contributed by atoms with Gasteiger partial charge in [-0.2, -0.15) is 0 Å². The highest BCUT2D eigenvalue weighted by atomic mass is 28.4. The Hall–Kier alpha value is -0.803. The van der Waals surface area contributed by atoms with Crippen molar-refractivity contribution in [2.75, 3.05) is 0 Å². The largest absolute Gasteiger partial charge is 0.469 e. The van der Waals surface area contributed by atoms with E-state index in [1.165, 1.54) is 28.9 Å². The first-order valence-electron chi connectivity index (χ1n) is 9.45. The van der Waals surface area contributed by atoms with Crippen molar-refractivity contribution in [3.05, 3.63) is 35.3 Å². The minimum absolute atomic E-state index is 0.246. The van der Waals surface area contributed by atoms with E-state index >= 15 is 0 Å². The van der Waals surface area contributed by atoms with Crippen LogP contribution in [0.4, 0.5) is 0 Å². The van der Waals surface area contributed by atoms with Gasteiger partial charge < -0.3 is 8.84 Å². The van der Waals surface area contributed by atoms with Gasteiger partial charge in [0.15, 0.2) is 8.32 Å². The van der Waals surface area contributed by atoms with Crippen molar-refractivity contribution >= 4 is 8.32 Å². The van der Waals surface area contributed by atoms with Crippen LogP contribution in [0.1, 0.15) is 51.0 Å². The van der Waals surface area contributed by atoms with Crippen molar-refractivity contribution in [1.29, 1.82) is 0 Å². The van der Waals surface area contributed by atoms with E-state index in [2.05, 4.69) is 47.4 Å². The van der Waals surface area contributed by atoms with Gasteiger partial charge in [0.25, 0.3) is 0 Å². The van der Waals surface area contributed by atoms with E-state index < -0.39 is 8.32 Å². The highest BCUT2D eigenvalue weighted by Crippen LogP contribution is 2.70. The molecule has 24 heavy (non-hydrogen) atoms. The maximum absolute atomic E-state index is 6.45. The molecule has 2 nitrogen and oxygen atoms in total. The van der Waals surface area contributed by atoms with Gasteiger partial charge in [0.2, 0.25) is 0 Å². The van der Waals surface area contributed by atoms with Crippen molar-refractivity contribution < 1.29 is 8.84 Å². The molecule has 0 saturated heterocycles. The third-order valence-corrected chi connectivity index (χ3v) is 12.2. The number of fused-ring (bicyclic) bond motifs is 4. The first-order valence-corrected chi connectivity index (χ1v) is 12.4. The molecule has 2 saturated carbocycles. The van der Waals surface area contributed by atoms with Crippen molar-refractivity contribution in [1.82, 2.24) is 0 Å². The summed E-state index contributed by atoms with van der Waals surface area (Å²) in [5.74, 6) is 3.54. The molecular weight excluding hydrogens is 312 g/mol. The van der Waals surface area contributed by atoms with Crippen molar-refractivity contribution in [3.8, 4) is 0 Å². The van der Waals surface area contributed by atoms with Crippen molar-refractivity contribution in [2.45, 2.75) is 71.7 Å². The zero-order valence-corrected chi connectivity index (χ0v) is 17.2. The van der Waals surface area contributed by atoms with E-state index in [4.69, 9.17) is 8.84 Å². The quantitative estimate of drug-likeness (QED) is 0.516. The predicted molar refractivity (Wildman–Crippen MR) is 100 cm³/mol. The third kappa shape index (κ3) is 2.24. The molecule has 0 unspecified atom stereocenters. The number of rotatable bonds is 3. The first kappa shape index (κ1) is 16.7. The van der Waals surface area contributed by atoms with Crippen LogP contribution in [0.25, 0.3) is 0 Å². The molecule has 1 heterocycles. The zero-order chi connectivity index (χ0) is 17.5. The Morgan fingerprint density at radius 1 is 1.38 bits per heavy atom. The molecule has 0 aromatic carbocycles. The minimum atomic E-state index is -1.72. The molecule has 4 atom stereocenters. The molecule has 132 valence electrons. The zero-order valence-electron chi connectivity index (χ0n) is 16.2. The summed E-state index contributed by atoms with van der Waals surface area (Å²) in [6, 6.07) is 0. The molecule has 0 radical (unpaired) electrons. The predicted octanol–water partition coefficient (Wildman–Crippen LogP) is 5.73. The van der Waals surface area contributed by atoms with E-state index in [9.17, 15) is 0 Å². The molecular formula is C21H32O2Si. The van der Waals surface area contributed by atoms with Gasteiger partial charge in [-0.25, -0.2) is 0 Å². The Morgan fingerprint density at radius 2 is 2.08 bits per heavy atom. The Bertz CT molecular complexity index is 693. The van der Waals surface area contributed by atoms with Crippen LogP contribution >= 0.6 is 0 Å². The fourth-order valence-electron chi connectivity index (χ4n) is 4.90. The van der Waals surface area contributed by atoms with E-state index in [1.54, 1.807) is 0 Å². The highest BCUT2D eigenvalue weighted by Gasteiger charge is 2.64. The summed E-state index contributed by atoms with van der Waals surface area (Å²) in [7, 11) is -1.72. The lowest BCUT2D eigenvalue weighted by atomic mass is 9.65. The summed E-state index contributed by atoms with van der Waals surface area (Å²) in [5, 5.41) is 0.246. The summed E-state index contributed by atoms with van der Waals surface area (Å²) in [6.45, 7) is 19.2. The highest BCUT2D eigenvalue weighted by molar-refractivity contribution is 6.74.